The summed E-state index contributed by atoms with van der Waals surface area (Å²) < 4.78 is 4.64. The first-order chi connectivity index (χ1) is 8.51. The lowest BCUT2D eigenvalue weighted by atomic mass is 10.0. The van der Waals surface area contributed by atoms with E-state index in [1.54, 1.807) is 0 Å². The molecule has 0 amide bonds. The summed E-state index contributed by atoms with van der Waals surface area (Å²) in [6, 6.07) is 8.60. The van der Waals surface area contributed by atoms with E-state index in [-0.39, 0.29) is 5.97 Å². The van der Waals surface area contributed by atoms with E-state index in [9.17, 15) is 4.79 Å². The third kappa shape index (κ3) is 5.32. The van der Waals surface area contributed by atoms with Crippen molar-refractivity contribution in [3.63, 3.8) is 0 Å². The fourth-order valence-corrected chi connectivity index (χ4v) is 1.90. The Labute approximate surface area is 110 Å². The summed E-state index contributed by atoms with van der Waals surface area (Å²) in [5.41, 5.74) is 2.58. The summed E-state index contributed by atoms with van der Waals surface area (Å²) in [4.78, 5) is 13.1. The van der Waals surface area contributed by atoms with Crippen LogP contribution in [0.1, 0.15) is 25.0 Å². The highest BCUT2D eigenvalue weighted by Crippen LogP contribution is 2.11. The van der Waals surface area contributed by atoms with Crippen molar-refractivity contribution < 1.29 is 9.53 Å². The monoisotopic (exact) mass is 249 g/mol. The standard InChI is InChI=1S/C15H23NO2/c1-12(2)9-13-5-7-14(8-6-13)10-16(3)11-15(17)18-4/h5-8,12H,9-11H2,1-4H3. The number of hydrogen-bond acceptors (Lipinski definition) is 3. The van der Waals surface area contributed by atoms with E-state index < -0.39 is 0 Å². The number of esters is 1. The molecule has 0 aliphatic heterocycles. The molecular formula is C15H23NO2. The van der Waals surface area contributed by atoms with Crippen molar-refractivity contribution in [2.24, 2.45) is 5.92 Å². The molecule has 0 aliphatic rings. The molecule has 18 heavy (non-hydrogen) atoms. The van der Waals surface area contributed by atoms with Gasteiger partial charge in [0.2, 0.25) is 0 Å². The molecule has 0 unspecified atom stereocenters. The van der Waals surface area contributed by atoms with Gasteiger partial charge in [-0.15, -0.1) is 0 Å². The van der Waals surface area contributed by atoms with Crippen LogP contribution < -0.4 is 0 Å². The molecule has 0 heterocycles. The maximum absolute atomic E-state index is 11.1. The fourth-order valence-electron chi connectivity index (χ4n) is 1.90. The van der Waals surface area contributed by atoms with Crippen LogP contribution in [0.4, 0.5) is 0 Å². The number of nitrogens with zero attached hydrogens (tertiary/aromatic N) is 1. The quantitative estimate of drug-likeness (QED) is 0.725. The Kier molecular flexibility index (Phi) is 5.86. The third-order valence-corrected chi connectivity index (χ3v) is 2.75. The highest BCUT2D eigenvalue weighted by Gasteiger charge is 2.06. The van der Waals surface area contributed by atoms with Gasteiger partial charge in [-0.05, 0) is 30.5 Å². The largest absolute Gasteiger partial charge is 0.468 e. The van der Waals surface area contributed by atoms with E-state index in [2.05, 4.69) is 42.8 Å². The van der Waals surface area contributed by atoms with E-state index >= 15 is 0 Å². The highest BCUT2D eigenvalue weighted by atomic mass is 16.5. The Hall–Kier alpha value is -1.35. The minimum atomic E-state index is -0.200. The SMILES string of the molecule is COC(=O)CN(C)Cc1ccc(CC(C)C)cc1. The van der Waals surface area contributed by atoms with Crippen LogP contribution in [-0.2, 0) is 22.5 Å². The number of carbonyl (C=O) groups is 1. The Bertz CT molecular complexity index is 371. The minimum absolute atomic E-state index is 0.200. The molecule has 3 heteroatoms. The fraction of sp³-hybridized carbons (Fsp3) is 0.533. The van der Waals surface area contributed by atoms with Crippen molar-refractivity contribution in [2.45, 2.75) is 26.8 Å². The number of ether oxygens (including phenoxy) is 1. The average molecular weight is 249 g/mol. The lowest BCUT2D eigenvalue weighted by Gasteiger charge is -2.15. The molecule has 0 aromatic heterocycles. The number of rotatable bonds is 6. The summed E-state index contributed by atoms with van der Waals surface area (Å²) in [6.45, 7) is 5.53. The van der Waals surface area contributed by atoms with Crippen LogP contribution in [0.25, 0.3) is 0 Å². The molecule has 0 radical (unpaired) electrons. The Balaban J connectivity index is 2.50. The number of methoxy groups -OCH3 is 1. The highest BCUT2D eigenvalue weighted by molar-refractivity contribution is 5.71. The zero-order chi connectivity index (χ0) is 13.5. The Morgan fingerprint density at radius 3 is 2.28 bits per heavy atom. The van der Waals surface area contributed by atoms with Crippen LogP contribution in [0.3, 0.4) is 0 Å². The van der Waals surface area contributed by atoms with Gasteiger partial charge in [0, 0.05) is 6.54 Å². The number of benzene rings is 1. The van der Waals surface area contributed by atoms with Crippen molar-refractivity contribution in [3.05, 3.63) is 35.4 Å². The van der Waals surface area contributed by atoms with Gasteiger partial charge in [0.15, 0.2) is 0 Å². The van der Waals surface area contributed by atoms with Crippen LogP contribution in [0.15, 0.2) is 24.3 Å². The van der Waals surface area contributed by atoms with Crippen molar-refractivity contribution in [1.82, 2.24) is 4.90 Å². The van der Waals surface area contributed by atoms with Crippen LogP contribution in [-0.4, -0.2) is 31.6 Å². The molecular weight excluding hydrogens is 226 g/mol. The van der Waals surface area contributed by atoms with Gasteiger partial charge in [-0.1, -0.05) is 38.1 Å². The van der Waals surface area contributed by atoms with E-state index in [0.717, 1.165) is 13.0 Å². The molecule has 0 saturated carbocycles. The smallest absolute Gasteiger partial charge is 0.319 e. The van der Waals surface area contributed by atoms with Crippen LogP contribution in [0.5, 0.6) is 0 Å². The van der Waals surface area contributed by atoms with Gasteiger partial charge in [0.05, 0.1) is 13.7 Å². The van der Waals surface area contributed by atoms with Crippen molar-refractivity contribution in [1.29, 1.82) is 0 Å². The number of hydrogen-bond donors (Lipinski definition) is 0. The van der Waals surface area contributed by atoms with E-state index in [0.29, 0.717) is 12.5 Å². The van der Waals surface area contributed by atoms with Crippen LogP contribution in [0.2, 0.25) is 0 Å². The number of likely N-dealkylation sites (N-methyl/N-ethyl adjacent to an activating group) is 1. The van der Waals surface area contributed by atoms with Gasteiger partial charge in [-0.25, -0.2) is 0 Å². The van der Waals surface area contributed by atoms with Gasteiger partial charge in [-0.2, -0.15) is 0 Å². The van der Waals surface area contributed by atoms with Crippen LogP contribution >= 0.6 is 0 Å². The van der Waals surface area contributed by atoms with Crippen molar-refractivity contribution >= 4 is 5.97 Å². The second kappa shape index (κ2) is 7.17. The average Bonchev–Trinajstić information content (AvgIpc) is 2.30. The lowest BCUT2D eigenvalue weighted by molar-refractivity contribution is -0.141. The van der Waals surface area contributed by atoms with Crippen molar-refractivity contribution in [3.8, 4) is 0 Å². The first-order valence-corrected chi connectivity index (χ1v) is 6.34. The predicted octanol–water partition coefficient (Wildman–Crippen LogP) is 2.49. The maximum Gasteiger partial charge on any atom is 0.319 e. The second-order valence-electron chi connectivity index (χ2n) is 5.16. The first kappa shape index (κ1) is 14.7. The topological polar surface area (TPSA) is 29.5 Å². The maximum atomic E-state index is 11.1. The summed E-state index contributed by atoms with van der Waals surface area (Å²) in [6.07, 6.45) is 1.11. The summed E-state index contributed by atoms with van der Waals surface area (Å²) >= 11 is 0. The van der Waals surface area contributed by atoms with Crippen molar-refractivity contribution in [2.75, 3.05) is 20.7 Å². The Morgan fingerprint density at radius 2 is 1.78 bits per heavy atom. The van der Waals surface area contributed by atoms with Gasteiger partial charge >= 0.3 is 5.97 Å². The molecule has 3 nitrogen and oxygen atoms in total. The molecule has 0 bridgehead atoms. The molecule has 100 valence electrons. The zero-order valence-electron chi connectivity index (χ0n) is 11.8. The molecule has 0 N–H and O–H groups in total. The molecule has 1 aromatic rings. The van der Waals surface area contributed by atoms with Gasteiger partial charge in [0.1, 0.15) is 0 Å². The number of carbonyl (C=O) groups excluding carboxylic acids is 1. The molecule has 0 atom stereocenters. The Morgan fingerprint density at radius 1 is 1.22 bits per heavy atom. The zero-order valence-corrected chi connectivity index (χ0v) is 11.8. The van der Waals surface area contributed by atoms with Gasteiger partial charge in [-0.3, -0.25) is 9.69 Å². The predicted molar refractivity (Wildman–Crippen MR) is 73.3 cm³/mol. The van der Waals surface area contributed by atoms with E-state index in [1.165, 1.54) is 18.2 Å². The summed E-state index contributed by atoms with van der Waals surface area (Å²) in [7, 11) is 3.33. The first-order valence-electron chi connectivity index (χ1n) is 6.34. The minimum Gasteiger partial charge on any atom is -0.468 e. The molecule has 0 fully saturated rings. The third-order valence-electron chi connectivity index (χ3n) is 2.75. The molecule has 0 aliphatic carbocycles. The lowest BCUT2D eigenvalue weighted by Crippen LogP contribution is -2.26. The van der Waals surface area contributed by atoms with Gasteiger partial charge < -0.3 is 4.74 Å². The van der Waals surface area contributed by atoms with Crippen LogP contribution in [0, 0.1) is 5.92 Å². The van der Waals surface area contributed by atoms with Gasteiger partial charge in [0.25, 0.3) is 0 Å². The molecule has 1 aromatic carbocycles. The molecule has 0 spiro atoms. The van der Waals surface area contributed by atoms with E-state index in [1.807, 2.05) is 11.9 Å². The second-order valence-corrected chi connectivity index (χ2v) is 5.16. The normalized spacial score (nSPS) is 11.0. The van der Waals surface area contributed by atoms with E-state index in [4.69, 9.17) is 0 Å². The summed E-state index contributed by atoms with van der Waals surface area (Å²) in [5.74, 6) is 0.478. The molecule has 0 saturated heterocycles. The summed E-state index contributed by atoms with van der Waals surface area (Å²) in [5, 5.41) is 0. The molecule has 1 rings (SSSR count).